The Morgan fingerprint density at radius 3 is 2.76 bits per heavy atom. The molecule has 0 radical (unpaired) electrons. The van der Waals surface area contributed by atoms with E-state index < -0.39 is 15.9 Å². The number of aryl methyl sites for hydroxylation is 1. The molecule has 0 bridgehead atoms. The molecule has 130 valence electrons. The topological polar surface area (TPSA) is 104 Å². The third kappa shape index (κ3) is 4.04. The number of anilines is 2. The molecule has 2 amide bonds. The highest BCUT2D eigenvalue weighted by Crippen LogP contribution is 2.25. The highest BCUT2D eigenvalue weighted by molar-refractivity contribution is 7.89. The Bertz CT molecular complexity index is 954. The third-order valence-electron chi connectivity index (χ3n) is 3.74. The SMILES string of the molecule is Cc1cccc(NC(=O)CNS(=O)(=O)c2ccc3c(c2)CC(=O)N3)c1. The number of fused-ring (bicyclic) bond motifs is 1. The molecular formula is C17H17N3O4S. The van der Waals surface area contributed by atoms with Crippen molar-refractivity contribution in [3.63, 3.8) is 0 Å². The first-order chi connectivity index (χ1) is 11.8. The highest BCUT2D eigenvalue weighted by atomic mass is 32.2. The Morgan fingerprint density at radius 2 is 2.00 bits per heavy atom. The van der Waals surface area contributed by atoms with Gasteiger partial charge in [0, 0.05) is 11.4 Å². The number of hydrogen-bond donors (Lipinski definition) is 3. The minimum absolute atomic E-state index is 0.0195. The summed E-state index contributed by atoms with van der Waals surface area (Å²) in [5, 5.41) is 5.27. The van der Waals surface area contributed by atoms with Gasteiger partial charge in [0.15, 0.2) is 0 Å². The van der Waals surface area contributed by atoms with Gasteiger partial charge in [-0.25, -0.2) is 13.1 Å². The summed E-state index contributed by atoms with van der Waals surface area (Å²) in [6.07, 6.45) is 0.145. The predicted molar refractivity (Wildman–Crippen MR) is 93.8 cm³/mol. The molecule has 3 rings (SSSR count). The van der Waals surface area contributed by atoms with E-state index in [0.717, 1.165) is 5.56 Å². The van der Waals surface area contributed by atoms with Gasteiger partial charge in [0.1, 0.15) is 0 Å². The number of carbonyl (C=O) groups is 2. The van der Waals surface area contributed by atoms with E-state index in [1.807, 2.05) is 13.0 Å². The second-order valence-electron chi connectivity index (χ2n) is 5.79. The summed E-state index contributed by atoms with van der Waals surface area (Å²) in [4.78, 5) is 23.3. The molecule has 1 heterocycles. The average molecular weight is 359 g/mol. The Kier molecular flexibility index (Phi) is 4.56. The summed E-state index contributed by atoms with van der Waals surface area (Å²) in [5.41, 5.74) is 2.82. The lowest BCUT2D eigenvalue weighted by Crippen LogP contribution is -2.32. The number of amides is 2. The van der Waals surface area contributed by atoms with E-state index in [9.17, 15) is 18.0 Å². The van der Waals surface area contributed by atoms with E-state index in [1.165, 1.54) is 12.1 Å². The molecule has 8 heteroatoms. The van der Waals surface area contributed by atoms with Gasteiger partial charge in [-0.05, 0) is 48.4 Å². The van der Waals surface area contributed by atoms with Crippen molar-refractivity contribution in [3.05, 3.63) is 53.6 Å². The van der Waals surface area contributed by atoms with Crippen molar-refractivity contribution in [1.29, 1.82) is 0 Å². The van der Waals surface area contributed by atoms with Gasteiger partial charge in [-0.1, -0.05) is 12.1 Å². The summed E-state index contributed by atoms with van der Waals surface area (Å²) >= 11 is 0. The molecule has 1 aliphatic heterocycles. The Hall–Kier alpha value is -2.71. The van der Waals surface area contributed by atoms with Crippen LogP contribution in [0, 0.1) is 6.92 Å². The number of sulfonamides is 1. The van der Waals surface area contributed by atoms with Gasteiger partial charge in [-0.3, -0.25) is 9.59 Å². The Balaban J connectivity index is 1.65. The summed E-state index contributed by atoms with van der Waals surface area (Å²) in [5.74, 6) is -0.637. The molecular weight excluding hydrogens is 342 g/mol. The second kappa shape index (κ2) is 6.66. The number of carbonyl (C=O) groups excluding carboxylic acids is 2. The van der Waals surface area contributed by atoms with Crippen LogP contribution >= 0.6 is 0 Å². The standard InChI is InChI=1S/C17H17N3O4S/c1-11-3-2-4-13(7-11)19-17(22)10-18-25(23,24)14-5-6-15-12(8-14)9-16(21)20-15/h2-8,18H,9-10H2,1H3,(H,19,22)(H,20,21). The van der Waals surface area contributed by atoms with Gasteiger partial charge in [-0.2, -0.15) is 0 Å². The zero-order valence-corrected chi connectivity index (χ0v) is 14.3. The largest absolute Gasteiger partial charge is 0.326 e. The quantitative estimate of drug-likeness (QED) is 0.751. The molecule has 0 atom stereocenters. The first-order valence-electron chi connectivity index (χ1n) is 7.62. The maximum atomic E-state index is 12.3. The summed E-state index contributed by atoms with van der Waals surface area (Å²) in [6, 6.07) is 11.6. The molecule has 7 nitrogen and oxygen atoms in total. The Morgan fingerprint density at radius 1 is 1.20 bits per heavy atom. The van der Waals surface area contributed by atoms with Gasteiger partial charge in [0.2, 0.25) is 21.8 Å². The van der Waals surface area contributed by atoms with E-state index in [0.29, 0.717) is 16.9 Å². The molecule has 0 spiro atoms. The lowest BCUT2D eigenvalue weighted by molar-refractivity contribution is -0.115. The predicted octanol–water partition coefficient (Wildman–Crippen LogP) is 1.41. The van der Waals surface area contributed by atoms with Gasteiger partial charge in [-0.15, -0.1) is 0 Å². The fraction of sp³-hybridized carbons (Fsp3) is 0.176. The van der Waals surface area contributed by atoms with Crippen molar-refractivity contribution in [2.75, 3.05) is 17.2 Å². The molecule has 2 aromatic carbocycles. The van der Waals surface area contributed by atoms with Crippen molar-refractivity contribution >= 4 is 33.2 Å². The van der Waals surface area contributed by atoms with Gasteiger partial charge >= 0.3 is 0 Å². The lowest BCUT2D eigenvalue weighted by Gasteiger charge is -2.09. The van der Waals surface area contributed by atoms with Crippen molar-refractivity contribution in [1.82, 2.24) is 4.72 Å². The minimum atomic E-state index is -3.84. The van der Waals surface area contributed by atoms with Crippen LogP contribution in [0.4, 0.5) is 11.4 Å². The fourth-order valence-corrected chi connectivity index (χ4v) is 3.58. The van der Waals surface area contributed by atoms with Gasteiger partial charge < -0.3 is 10.6 Å². The molecule has 0 aromatic heterocycles. The molecule has 0 unspecified atom stereocenters. The molecule has 25 heavy (non-hydrogen) atoms. The first kappa shape index (κ1) is 17.1. The van der Waals surface area contributed by atoms with Crippen LogP contribution in [0.25, 0.3) is 0 Å². The maximum Gasteiger partial charge on any atom is 0.241 e. The monoisotopic (exact) mass is 359 g/mol. The van der Waals surface area contributed by atoms with E-state index in [2.05, 4.69) is 15.4 Å². The van der Waals surface area contributed by atoms with Crippen LogP contribution < -0.4 is 15.4 Å². The van der Waals surface area contributed by atoms with Crippen molar-refractivity contribution in [2.24, 2.45) is 0 Å². The summed E-state index contributed by atoms with van der Waals surface area (Å²) < 4.78 is 26.9. The van der Waals surface area contributed by atoms with Crippen LogP contribution in [-0.2, 0) is 26.0 Å². The average Bonchev–Trinajstić information content (AvgIpc) is 2.92. The van der Waals surface area contributed by atoms with Gasteiger partial charge in [0.05, 0.1) is 17.9 Å². The van der Waals surface area contributed by atoms with E-state index in [1.54, 1.807) is 24.3 Å². The first-order valence-corrected chi connectivity index (χ1v) is 9.11. The summed E-state index contributed by atoms with van der Waals surface area (Å²) in [7, 11) is -3.84. The Labute approximate surface area is 145 Å². The van der Waals surface area contributed by atoms with Crippen LogP contribution in [0.2, 0.25) is 0 Å². The van der Waals surface area contributed by atoms with Crippen molar-refractivity contribution in [2.45, 2.75) is 18.2 Å². The lowest BCUT2D eigenvalue weighted by atomic mass is 10.2. The van der Waals surface area contributed by atoms with E-state index >= 15 is 0 Å². The zero-order valence-electron chi connectivity index (χ0n) is 13.5. The number of rotatable bonds is 5. The third-order valence-corrected chi connectivity index (χ3v) is 5.14. The minimum Gasteiger partial charge on any atom is -0.326 e. The fourth-order valence-electron chi connectivity index (χ4n) is 2.54. The van der Waals surface area contributed by atoms with E-state index in [-0.39, 0.29) is 23.8 Å². The number of nitrogens with one attached hydrogen (secondary N) is 3. The van der Waals surface area contributed by atoms with Crippen LogP contribution in [0.5, 0.6) is 0 Å². The number of benzene rings is 2. The summed E-state index contributed by atoms with van der Waals surface area (Å²) in [6.45, 7) is 1.51. The zero-order chi connectivity index (χ0) is 18.0. The van der Waals surface area contributed by atoms with Crippen LogP contribution in [-0.4, -0.2) is 26.8 Å². The number of hydrogen-bond acceptors (Lipinski definition) is 4. The molecule has 0 aliphatic carbocycles. The molecule has 0 saturated heterocycles. The molecule has 3 N–H and O–H groups in total. The van der Waals surface area contributed by atoms with Crippen molar-refractivity contribution in [3.8, 4) is 0 Å². The molecule has 2 aromatic rings. The molecule has 0 fully saturated rings. The van der Waals surface area contributed by atoms with Crippen LogP contribution in [0.1, 0.15) is 11.1 Å². The molecule has 1 aliphatic rings. The van der Waals surface area contributed by atoms with Crippen LogP contribution in [0.3, 0.4) is 0 Å². The molecule has 0 saturated carbocycles. The van der Waals surface area contributed by atoms with Crippen LogP contribution in [0.15, 0.2) is 47.4 Å². The second-order valence-corrected chi connectivity index (χ2v) is 7.55. The maximum absolute atomic E-state index is 12.3. The normalized spacial score (nSPS) is 13.2. The smallest absolute Gasteiger partial charge is 0.241 e. The van der Waals surface area contributed by atoms with E-state index in [4.69, 9.17) is 0 Å². The van der Waals surface area contributed by atoms with Gasteiger partial charge in [0.25, 0.3) is 0 Å². The van der Waals surface area contributed by atoms with Crippen molar-refractivity contribution < 1.29 is 18.0 Å². The highest BCUT2D eigenvalue weighted by Gasteiger charge is 2.22.